The van der Waals surface area contributed by atoms with Crippen molar-refractivity contribution in [2.24, 2.45) is 0 Å². The highest BCUT2D eigenvalue weighted by atomic mass is 16.3. The molecule has 1 saturated heterocycles. The molecule has 2 heterocycles. The standard InChI is InChI=1S/C14H23N3O/c1-3-4-13-9-12(11-18)10-14(15-13)17-7-5-16(2)6-8-17/h9-10,18H,3-8,11H2,1-2H3. The monoisotopic (exact) mass is 249 g/mol. The molecule has 4 nitrogen and oxygen atoms in total. The molecule has 1 fully saturated rings. The fraction of sp³-hybridized carbons (Fsp3) is 0.643. The number of likely N-dealkylation sites (N-methyl/N-ethyl adjacent to an activating group) is 1. The summed E-state index contributed by atoms with van der Waals surface area (Å²) in [4.78, 5) is 9.37. The molecule has 0 aromatic carbocycles. The van der Waals surface area contributed by atoms with Crippen molar-refractivity contribution >= 4 is 5.82 Å². The van der Waals surface area contributed by atoms with E-state index in [0.717, 1.165) is 56.1 Å². The molecule has 0 radical (unpaired) electrons. The molecule has 1 aromatic rings. The minimum Gasteiger partial charge on any atom is -0.392 e. The van der Waals surface area contributed by atoms with Gasteiger partial charge in [0.05, 0.1) is 6.61 Å². The fourth-order valence-electron chi connectivity index (χ4n) is 2.31. The molecule has 1 aliphatic rings. The molecule has 0 amide bonds. The second-order valence-corrected chi connectivity index (χ2v) is 5.02. The number of aliphatic hydroxyl groups is 1. The molecule has 0 unspecified atom stereocenters. The minimum absolute atomic E-state index is 0.0972. The lowest BCUT2D eigenvalue weighted by molar-refractivity contribution is 0.281. The molecule has 0 aliphatic carbocycles. The van der Waals surface area contributed by atoms with Crippen LogP contribution in [0.5, 0.6) is 0 Å². The summed E-state index contributed by atoms with van der Waals surface area (Å²) >= 11 is 0. The number of nitrogens with zero attached hydrogens (tertiary/aromatic N) is 3. The van der Waals surface area contributed by atoms with Crippen LogP contribution in [-0.4, -0.2) is 48.2 Å². The van der Waals surface area contributed by atoms with Gasteiger partial charge in [0, 0.05) is 31.9 Å². The van der Waals surface area contributed by atoms with Crippen molar-refractivity contribution in [1.29, 1.82) is 0 Å². The van der Waals surface area contributed by atoms with Gasteiger partial charge in [0.2, 0.25) is 0 Å². The molecule has 0 spiro atoms. The molecule has 1 aromatic heterocycles. The van der Waals surface area contributed by atoms with Crippen molar-refractivity contribution in [3.05, 3.63) is 23.4 Å². The third-order valence-corrected chi connectivity index (χ3v) is 3.44. The Morgan fingerprint density at radius 3 is 2.56 bits per heavy atom. The van der Waals surface area contributed by atoms with Crippen molar-refractivity contribution in [2.45, 2.75) is 26.4 Å². The lowest BCUT2D eigenvalue weighted by atomic mass is 10.1. The maximum atomic E-state index is 9.34. The van der Waals surface area contributed by atoms with Crippen molar-refractivity contribution in [3.63, 3.8) is 0 Å². The number of hydrogen-bond donors (Lipinski definition) is 1. The maximum absolute atomic E-state index is 9.34. The average Bonchev–Trinajstić information content (AvgIpc) is 2.39. The van der Waals surface area contributed by atoms with Crippen LogP contribution in [0.4, 0.5) is 5.82 Å². The Kier molecular flexibility index (Phi) is 4.55. The van der Waals surface area contributed by atoms with E-state index < -0.39 is 0 Å². The van der Waals surface area contributed by atoms with Crippen LogP contribution in [0.2, 0.25) is 0 Å². The number of anilines is 1. The molecule has 1 N–H and O–H groups in total. The van der Waals surface area contributed by atoms with Crippen LogP contribution < -0.4 is 4.90 Å². The quantitative estimate of drug-likeness (QED) is 0.872. The Morgan fingerprint density at radius 1 is 1.22 bits per heavy atom. The molecule has 0 bridgehead atoms. The van der Waals surface area contributed by atoms with Gasteiger partial charge in [-0.3, -0.25) is 0 Å². The number of pyridine rings is 1. The van der Waals surface area contributed by atoms with Gasteiger partial charge in [-0.2, -0.15) is 0 Å². The van der Waals surface area contributed by atoms with E-state index in [4.69, 9.17) is 4.98 Å². The maximum Gasteiger partial charge on any atom is 0.129 e. The van der Waals surface area contributed by atoms with Gasteiger partial charge < -0.3 is 14.9 Å². The fourth-order valence-corrected chi connectivity index (χ4v) is 2.31. The Bertz CT molecular complexity index is 387. The van der Waals surface area contributed by atoms with Crippen LogP contribution in [0.3, 0.4) is 0 Å². The molecule has 4 heteroatoms. The van der Waals surface area contributed by atoms with Crippen LogP contribution in [0.1, 0.15) is 24.6 Å². The number of aromatic nitrogens is 1. The molecule has 100 valence electrons. The van der Waals surface area contributed by atoms with Crippen molar-refractivity contribution in [3.8, 4) is 0 Å². The zero-order valence-corrected chi connectivity index (χ0v) is 11.4. The lowest BCUT2D eigenvalue weighted by Crippen LogP contribution is -2.44. The van der Waals surface area contributed by atoms with E-state index >= 15 is 0 Å². The van der Waals surface area contributed by atoms with Crippen molar-refractivity contribution < 1.29 is 5.11 Å². The zero-order valence-electron chi connectivity index (χ0n) is 11.4. The summed E-state index contributed by atoms with van der Waals surface area (Å²) < 4.78 is 0. The molecule has 18 heavy (non-hydrogen) atoms. The summed E-state index contributed by atoms with van der Waals surface area (Å²) in [7, 11) is 2.15. The smallest absolute Gasteiger partial charge is 0.129 e. The van der Waals surface area contributed by atoms with Gasteiger partial charge in [0.15, 0.2) is 0 Å². The normalized spacial score (nSPS) is 17.2. The molecular formula is C14H23N3O. The predicted molar refractivity (Wildman–Crippen MR) is 73.9 cm³/mol. The summed E-state index contributed by atoms with van der Waals surface area (Å²) in [6.07, 6.45) is 2.07. The Labute approximate surface area is 109 Å². The number of hydrogen-bond acceptors (Lipinski definition) is 4. The average molecular weight is 249 g/mol. The van der Waals surface area contributed by atoms with Crippen LogP contribution in [0, 0.1) is 0 Å². The summed E-state index contributed by atoms with van der Waals surface area (Å²) in [6, 6.07) is 4.04. The van der Waals surface area contributed by atoms with E-state index in [1.165, 1.54) is 0 Å². The highest BCUT2D eigenvalue weighted by molar-refractivity contribution is 5.43. The minimum atomic E-state index is 0.0972. The summed E-state index contributed by atoms with van der Waals surface area (Å²) in [5, 5.41) is 9.34. The van der Waals surface area contributed by atoms with Gasteiger partial charge in [-0.1, -0.05) is 13.3 Å². The Morgan fingerprint density at radius 2 is 1.94 bits per heavy atom. The van der Waals surface area contributed by atoms with Crippen LogP contribution in [0.25, 0.3) is 0 Å². The van der Waals surface area contributed by atoms with E-state index in [2.05, 4.69) is 23.8 Å². The first-order valence-corrected chi connectivity index (χ1v) is 6.77. The first kappa shape index (κ1) is 13.3. The van der Waals surface area contributed by atoms with Gasteiger partial charge in [-0.15, -0.1) is 0 Å². The van der Waals surface area contributed by atoms with Gasteiger partial charge >= 0.3 is 0 Å². The van der Waals surface area contributed by atoms with Gasteiger partial charge in [-0.25, -0.2) is 4.98 Å². The van der Waals surface area contributed by atoms with Crippen LogP contribution >= 0.6 is 0 Å². The molecule has 1 aliphatic heterocycles. The van der Waals surface area contributed by atoms with Crippen molar-refractivity contribution in [2.75, 3.05) is 38.1 Å². The highest BCUT2D eigenvalue weighted by Gasteiger charge is 2.16. The van der Waals surface area contributed by atoms with E-state index in [1.54, 1.807) is 0 Å². The third-order valence-electron chi connectivity index (χ3n) is 3.44. The zero-order chi connectivity index (χ0) is 13.0. The summed E-state index contributed by atoms with van der Waals surface area (Å²) in [5.74, 6) is 1.03. The van der Waals surface area contributed by atoms with E-state index in [0.29, 0.717) is 0 Å². The van der Waals surface area contributed by atoms with Gasteiger partial charge in [-0.05, 0) is 31.2 Å². The van der Waals surface area contributed by atoms with Crippen LogP contribution in [-0.2, 0) is 13.0 Å². The van der Waals surface area contributed by atoms with E-state index in [1.807, 2.05) is 12.1 Å². The highest BCUT2D eigenvalue weighted by Crippen LogP contribution is 2.18. The van der Waals surface area contributed by atoms with Gasteiger partial charge in [0.25, 0.3) is 0 Å². The summed E-state index contributed by atoms with van der Waals surface area (Å²) in [5.41, 5.74) is 2.07. The second-order valence-electron chi connectivity index (χ2n) is 5.02. The Hall–Kier alpha value is -1.13. The molecule has 0 atom stereocenters. The Balaban J connectivity index is 2.17. The molecular weight excluding hydrogens is 226 g/mol. The number of aryl methyl sites for hydroxylation is 1. The number of piperazine rings is 1. The number of rotatable bonds is 4. The topological polar surface area (TPSA) is 39.6 Å². The van der Waals surface area contributed by atoms with E-state index in [9.17, 15) is 5.11 Å². The third kappa shape index (κ3) is 3.21. The molecule has 0 saturated carbocycles. The predicted octanol–water partition coefficient (Wildman–Crippen LogP) is 1.28. The largest absolute Gasteiger partial charge is 0.392 e. The molecule has 2 rings (SSSR count). The first-order chi connectivity index (χ1) is 8.72. The second kappa shape index (κ2) is 6.16. The van der Waals surface area contributed by atoms with Crippen molar-refractivity contribution in [1.82, 2.24) is 9.88 Å². The van der Waals surface area contributed by atoms with Crippen LogP contribution in [0.15, 0.2) is 12.1 Å². The van der Waals surface area contributed by atoms with Gasteiger partial charge in [0.1, 0.15) is 5.82 Å². The first-order valence-electron chi connectivity index (χ1n) is 6.77. The lowest BCUT2D eigenvalue weighted by Gasteiger charge is -2.33. The number of aliphatic hydroxyl groups excluding tert-OH is 1. The summed E-state index contributed by atoms with van der Waals surface area (Å²) in [6.45, 7) is 6.44. The SMILES string of the molecule is CCCc1cc(CO)cc(N2CCN(C)CC2)n1. The van der Waals surface area contributed by atoms with E-state index in [-0.39, 0.29) is 6.61 Å².